The van der Waals surface area contributed by atoms with Gasteiger partial charge in [0.25, 0.3) is 0 Å². The van der Waals surface area contributed by atoms with Crippen molar-refractivity contribution in [1.82, 2.24) is 5.32 Å². The van der Waals surface area contributed by atoms with Crippen molar-refractivity contribution in [3.05, 3.63) is 42.0 Å². The predicted octanol–water partition coefficient (Wildman–Crippen LogP) is 4.43. The highest BCUT2D eigenvalue weighted by atomic mass is 15.0. The standard InChI is InChI=1S/C18H27N/c1-6-14-7-9-15(10-8-14)11-16-12-17(2,3)19-18(4,5)13-16/h6-10,16,19H,1,11-13H2,2-5H3. The molecule has 2 rings (SSSR count). The Kier molecular flexibility index (Phi) is 3.87. The SMILES string of the molecule is C=Cc1ccc(CC2CC(C)(C)NC(C)(C)C2)cc1. The third-order valence-corrected chi connectivity index (χ3v) is 4.01. The van der Waals surface area contributed by atoms with E-state index in [0.29, 0.717) is 0 Å². The van der Waals surface area contributed by atoms with Gasteiger partial charge in [-0.25, -0.2) is 0 Å². The van der Waals surface area contributed by atoms with Crippen LogP contribution < -0.4 is 5.32 Å². The second kappa shape index (κ2) is 5.13. The highest BCUT2D eigenvalue weighted by Gasteiger charge is 2.37. The van der Waals surface area contributed by atoms with E-state index in [4.69, 9.17) is 0 Å². The number of benzene rings is 1. The normalized spacial score (nSPS) is 22.1. The highest BCUT2D eigenvalue weighted by Crippen LogP contribution is 2.34. The van der Waals surface area contributed by atoms with Gasteiger partial charge in [0, 0.05) is 11.1 Å². The van der Waals surface area contributed by atoms with Crippen molar-refractivity contribution >= 4 is 6.08 Å². The van der Waals surface area contributed by atoms with Gasteiger partial charge in [0.05, 0.1) is 0 Å². The molecular weight excluding hydrogens is 230 g/mol. The zero-order valence-corrected chi connectivity index (χ0v) is 12.8. The minimum absolute atomic E-state index is 0.244. The molecule has 0 radical (unpaired) electrons. The lowest BCUT2D eigenvalue weighted by Crippen LogP contribution is -2.58. The maximum absolute atomic E-state index is 3.81. The molecule has 0 aliphatic carbocycles. The Labute approximate surface area is 118 Å². The molecular formula is C18H27N. The fourth-order valence-corrected chi connectivity index (χ4v) is 3.80. The van der Waals surface area contributed by atoms with Crippen LogP contribution in [0.2, 0.25) is 0 Å². The van der Waals surface area contributed by atoms with E-state index in [1.165, 1.54) is 30.4 Å². The molecule has 1 heterocycles. The van der Waals surface area contributed by atoms with Crippen molar-refractivity contribution in [3.63, 3.8) is 0 Å². The Bertz CT molecular complexity index is 423. The summed E-state index contributed by atoms with van der Waals surface area (Å²) in [7, 11) is 0. The van der Waals surface area contributed by atoms with Crippen LogP contribution in [0.4, 0.5) is 0 Å². The molecule has 0 unspecified atom stereocenters. The molecule has 0 saturated carbocycles. The van der Waals surface area contributed by atoms with Gasteiger partial charge in [-0.05, 0) is 64.0 Å². The second-order valence-corrected chi connectivity index (χ2v) is 7.32. The maximum atomic E-state index is 3.81. The summed E-state index contributed by atoms with van der Waals surface area (Å²) in [5.74, 6) is 0.765. The molecule has 1 saturated heterocycles. The third kappa shape index (κ3) is 3.94. The highest BCUT2D eigenvalue weighted by molar-refractivity contribution is 5.47. The molecule has 1 fully saturated rings. The van der Waals surface area contributed by atoms with E-state index >= 15 is 0 Å². The average molecular weight is 257 g/mol. The fraction of sp³-hybridized carbons (Fsp3) is 0.556. The number of hydrogen-bond donors (Lipinski definition) is 1. The Morgan fingerprint density at radius 1 is 1.11 bits per heavy atom. The molecule has 1 heteroatoms. The maximum Gasteiger partial charge on any atom is 0.0132 e. The van der Waals surface area contributed by atoms with Crippen LogP contribution in [0.5, 0.6) is 0 Å². The largest absolute Gasteiger partial charge is 0.307 e. The van der Waals surface area contributed by atoms with E-state index in [0.717, 1.165) is 5.92 Å². The van der Waals surface area contributed by atoms with Gasteiger partial charge in [-0.3, -0.25) is 0 Å². The zero-order chi connectivity index (χ0) is 14.1. The van der Waals surface area contributed by atoms with Crippen molar-refractivity contribution in [1.29, 1.82) is 0 Å². The molecule has 1 aliphatic rings. The van der Waals surface area contributed by atoms with Crippen LogP contribution in [-0.2, 0) is 6.42 Å². The van der Waals surface area contributed by atoms with Crippen LogP contribution in [0, 0.1) is 5.92 Å². The average Bonchev–Trinajstić information content (AvgIpc) is 2.25. The molecule has 0 amide bonds. The number of hydrogen-bond acceptors (Lipinski definition) is 1. The Balaban J connectivity index is 2.07. The van der Waals surface area contributed by atoms with Crippen LogP contribution >= 0.6 is 0 Å². The van der Waals surface area contributed by atoms with Gasteiger partial charge in [0.2, 0.25) is 0 Å². The number of piperidine rings is 1. The monoisotopic (exact) mass is 257 g/mol. The van der Waals surface area contributed by atoms with Gasteiger partial charge in [-0.1, -0.05) is 36.9 Å². The van der Waals surface area contributed by atoms with Crippen molar-refractivity contribution in [2.75, 3.05) is 0 Å². The van der Waals surface area contributed by atoms with E-state index in [-0.39, 0.29) is 11.1 Å². The quantitative estimate of drug-likeness (QED) is 0.844. The summed E-state index contributed by atoms with van der Waals surface area (Å²) in [5, 5.41) is 3.75. The van der Waals surface area contributed by atoms with E-state index in [1.807, 2.05) is 6.08 Å². The van der Waals surface area contributed by atoms with Crippen LogP contribution in [0.25, 0.3) is 6.08 Å². The first kappa shape index (κ1) is 14.3. The molecule has 0 spiro atoms. The molecule has 0 bridgehead atoms. The summed E-state index contributed by atoms with van der Waals surface area (Å²) >= 11 is 0. The van der Waals surface area contributed by atoms with E-state index < -0.39 is 0 Å². The van der Waals surface area contributed by atoms with E-state index in [2.05, 4.69) is 63.9 Å². The Morgan fingerprint density at radius 2 is 1.63 bits per heavy atom. The van der Waals surface area contributed by atoms with Crippen LogP contribution in [0.3, 0.4) is 0 Å². The molecule has 1 N–H and O–H groups in total. The number of rotatable bonds is 3. The lowest BCUT2D eigenvalue weighted by molar-refractivity contribution is 0.128. The van der Waals surface area contributed by atoms with Crippen molar-refractivity contribution < 1.29 is 0 Å². The first-order valence-corrected chi connectivity index (χ1v) is 7.30. The van der Waals surface area contributed by atoms with E-state index in [9.17, 15) is 0 Å². The molecule has 0 aromatic heterocycles. The topological polar surface area (TPSA) is 12.0 Å². The first-order valence-electron chi connectivity index (χ1n) is 7.30. The predicted molar refractivity (Wildman–Crippen MR) is 84.3 cm³/mol. The van der Waals surface area contributed by atoms with Crippen molar-refractivity contribution in [2.45, 2.75) is 58.0 Å². The van der Waals surface area contributed by atoms with Crippen molar-refractivity contribution in [3.8, 4) is 0 Å². The Hall–Kier alpha value is -1.08. The van der Waals surface area contributed by atoms with Crippen LogP contribution in [0.1, 0.15) is 51.7 Å². The Morgan fingerprint density at radius 3 is 2.11 bits per heavy atom. The second-order valence-electron chi connectivity index (χ2n) is 7.32. The third-order valence-electron chi connectivity index (χ3n) is 4.01. The number of nitrogens with one attached hydrogen (secondary N) is 1. The summed E-state index contributed by atoms with van der Waals surface area (Å²) in [5.41, 5.74) is 3.14. The smallest absolute Gasteiger partial charge is 0.0132 e. The van der Waals surface area contributed by atoms with Crippen LogP contribution in [-0.4, -0.2) is 11.1 Å². The zero-order valence-electron chi connectivity index (χ0n) is 12.8. The lowest BCUT2D eigenvalue weighted by Gasteiger charge is -2.46. The van der Waals surface area contributed by atoms with Gasteiger partial charge in [0.15, 0.2) is 0 Å². The molecule has 1 aromatic rings. The summed E-state index contributed by atoms with van der Waals surface area (Å²) < 4.78 is 0. The first-order chi connectivity index (χ1) is 8.80. The van der Waals surface area contributed by atoms with Gasteiger partial charge in [-0.15, -0.1) is 0 Å². The molecule has 1 aliphatic heterocycles. The van der Waals surface area contributed by atoms with Gasteiger partial charge in [0.1, 0.15) is 0 Å². The molecule has 19 heavy (non-hydrogen) atoms. The van der Waals surface area contributed by atoms with E-state index in [1.54, 1.807) is 0 Å². The summed E-state index contributed by atoms with van der Waals surface area (Å²) in [6.45, 7) is 13.1. The molecule has 0 atom stereocenters. The van der Waals surface area contributed by atoms with Crippen molar-refractivity contribution in [2.24, 2.45) is 5.92 Å². The van der Waals surface area contributed by atoms with Crippen LogP contribution in [0.15, 0.2) is 30.8 Å². The minimum atomic E-state index is 0.244. The van der Waals surface area contributed by atoms with Gasteiger partial charge < -0.3 is 5.32 Å². The molecule has 1 aromatic carbocycles. The lowest BCUT2D eigenvalue weighted by atomic mass is 9.74. The van der Waals surface area contributed by atoms with Gasteiger partial charge >= 0.3 is 0 Å². The summed E-state index contributed by atoms with van der Waals surface area (Å²) in [6, 6.07) is 8.83. The summed E-state index contributed by atoms with van der Waals surface area (Å²) in [4.78, 5) is 0. The van der Waals surface area contributed by atoms with Gasteiger partial charge in [-0.2, -0.15) is 0 Å². The minimum Gasteiger partial charge on any atom is -0.307 e. The molecule has 104 valence electrons. The summed E-state index contributed by atoms with van der Waals surface area (Å²) in [6.07, 6.45) is 5.59. The molecule has 1 nitrogen and oxygen atoms in total. The fourth-order valence-electron chi connectivity index (χ4n) is 3.80.